The molecule has 21 heavy (non-hydrogen) atoms. The number of ether oxygens (including phenoxy) is 1. The molecule has 0 aromatic heterocycles. The summed E-state index contributed by atoms with van der Waals surface area (Å²) in [6.45, 7) is 9.50. The van der Waals surface area contributed by atoms with Crippen LogP contribution in [-0.2, 0) is 4.74 Å². The highest BCUT2D eigenvalue weighted by Crippen LogP contribution is 2.34. The lowest BCUT2D eigenvalue weighted by atomic mass is 9.76. The van der Waals surface area contributed by atoms with Crippen molar-refractivity contribution in [1.29, 1.82) is 0 Å². The Kier molecular flexibility index (Phi) is 5.58. The summed E-state index contributed by atoms with van der Waals surface area (Å²) in [7, 11) is 0. The molecule has 2 saturated heterocycles. The maximum absolute atomic E-state index is 5.99. The second-order valence-electron chi connectivity index (χ2n) is 7.58. The molecule has 5 atom stereocenters. The zero-order valence-corrected chi connectivity index (χ0v) is 14.0. The van der Waals surface area contributed by atoms with E-state index in [1.165, 1.54) is 71.1 Å². The molecule has 3 fully saturated rings. The first-order chi connectivity index (χ1) is 10.3. The lowest BCUT2D eigenvalue weighted by Gasteiger charge is -2.41. The third-order valence-corrected chi connectivity index (χ3v) is 5.94. The van der Waals surface area contributed by atoms with Gasteiger partial charge < -0.3 is 10.1 Å². The molecule has 0 spiro atoms. The van der Waals surface area contributed by atoms with E-state index < -0.39 is 0 Å². The molecule has 3 nitrogen and oxygen atoms in total. The molecule has 2 heterocycles. The third kappa shape index (κ3) is 4.00. The van der Waals surface area contributed by atoms with Gasteiger partial charge in [0, 0.05) is 25.7 Å². The van der Waals surface area contributed by atoms with Gasteiger partial charge in [-0.3, -0.25) is 4.90 Å². The summed E-state index contributed by atoms with van der Waals surface area (Å²) < 4.78 is 5.99. The van der Waals surface area contributed by atoms with Gasteiger partial charge in [0.1, 0.15) is 0 Å². The van der Waals surface area contributed by atoms with Gasteiger partial charge in [0.2, 0.25) is 0 Å². The molecule has 0 aromatic carbocycles. The Morgan fingerprint density at radius 2 is 1.81 bits per heavy atom. The third-order valence-electron chi connectivity index (χ3n) is 5.94. The predicted octanol–water partition coefficient (Wildman–Crippen LogP) is 3.04. The smallest absolute Gasteiger partial charge is 0.0707 e. The fourth-order valence-corrected chi connectivity index (χ4v) is 4.71. The minimum Gasteiger partial charge on any atom is -0.372 e. The topological polar surface area (TPSA) is 24.5 Å². The molecule has 3 heteroatoms. The minimum absolute atomic E-state index is 0.538. The van der Waals surface area contributed by atoms with Crippen LogP contribution in [0.2, 0.25) is 0 Å². The van der Waals surface area contributed by atoms with Crippen molar-refractivity contribution in [3.8, 4) is 0 Å². The van der Waals surface area contributed by atoms with Gasteiger partial charge in [-0.25, -0.2) is 0 Å². The fourth-order valence-electron chi connectivity index (χ4n) is 4.71. The second kappa shape index (κ2) is 7.43. The van der Waals surface area contributed by atoms with Crippen molar-refractivity contribution in [1.82, 2.24) is 10.2 Å². The normalized spacial score (nSPS) is 40.6. The van der Waals surface area contributed by atoms with E-state index in [0.29, 0.717) is 12.2 Å². The molecule has 3 aliphatic rings. The quantitative estimate of drug-likeness (QED) is 0.815. The van der Waals surface area contributed by atoms with Crippen LogP contribution in [-0.4, -0.2) is 49.3 Å². The number of hydrogen-bond acceptors (Lipinski definition) is 3. The maximum atomic E-state index is 5.99. The number of nitrogens with zero attached hydrogens (tertiary/aromatic N) is 1. The molecule has 0 radical (unpaired) electrons. The summed E-state index contributed by atoms with van der Waals surface area (Å²) in [5.74, 6) is 1.82. The number of morpholine rings is 1. The van der Waals surface area contributed by atoms with Gasteiger partial charge in [0.15, 0.2) is 0 Å². The molecular weight excluding hydrogens is 260 g/mol. The predicted molar refractivity (Wildman–Crippen MR) is 87.5 cm³/mol. The van der Waals surface area contributed by atoms with Crippen LogP contribution in [0.4, 0.5) is 0 Å². The van der Waals surface area contributed by atoms with Crippen molar-refractivity contribution >= 4 is 0 Å². The lowest BCUT2D eigenvalue weighted by Crippen LogP contribution is -2.50. The van der Waals surface area contributed by atoms with Crippen LogP contribution in [0, 0.1) is 11.8 Å². The van der Waals surface area contributed by atoms with E-state index in [2.05, 4.69) is 24.1 Å². The number of likely N-dealkylation sites (tertiary alicyclic amines) is 1. The van der Waals surface area contributed by atoms with Crippen LogP contribution in [0.5, 0.6) is 0 Å². The summed E-state index contributed by atoms with van der Waals surface area (Å²) in [6.07, 6.45) is 10.5. The number of fused-ring (bicyclic) bond motifs is 2. The molecule has 2 aliphatic heterocycles. The van der Waals surface area contributed by atoms with Crippen LogP contribution < -0.4 is 5.32 Å². The Labute approximate surface area is 130 Å². The molecular formula is C18H34N2O. The minimum atomic E-state index is 0.538. The van der Waals surface area contributed by atoms with Crippen LogP contribution >= 0.6 is 0 Å². The van der Waals surface area contributed by atoms with E-state index in [4.69, 9.17) is 4.74 Å². The molecule has 122 valence electrons. The van der Waals surface area contributed by atoms with Gasteiger partial charge in [-0.2, -0.15) is 0 Å². The Balaban J connectivity index is 1.56. The van der Waals surface area contributed by atoms with Crippen molar-refractivity contribution in [3.05, 3.63) is 0 Å². The molecule has 0 amide bonds. The van der Waals surface area contributed by atoms with Crippen molar-refractivity contribution < 1.29 is 4.74 Å². The summed E-state index contributed by atoms with van der Waals surface area (Å²) >= 11 is 0. The summed E-state index contributed by atoms with van der Waals surface area (Å²) in [4.78, 5) is 2.72. The number of nitrogens with one attached hydrogen (secondary N) is 1. The highest BCUT2D eigenvalue weighted by molar-refractivity contribution is 4.90. The summed E-state index contributed by atoms with van der Waals surface area (Å²) in [5.41, 5.74) is 0. The second-order valence-corrected chi connectivity index (χ2v) is 7.58. The van der Waals surface area contributed by atoms with Gasteiger partial charge in [0.25, 0.3) is 0 Å². The van der Waals surface area contributed by atoms with Gasteiger partial charge in [-0.15, -0.1) is 0 Å². The van der Waals surface area contributed by atoms with Crippen molar-refractivity contribution in [2.45, 2.75) is 77.0 Å². The van der Waals surface area contributed by atoms with Crippen LogP contribution in [0.3, 0.4) is 0 Å². The van der Waals surface area contributed by atoms with E-state index in [9.17, 15) is 0 Å². The standard InChI is InChI=1S/C18H34N2O/c1-3-9-19-18-8-5-14(4-2)10-15(18)11-20-12-16-6-7-17(13-20)21-16/h14-19H,3-13H2,1-2H3. The summed E-state index contributed by atoms with van der Waals surface area (Å²) in [6, 6.07) is 0.758. The number of hydrogen-bond donors (Lipinski definition) is 1. The van der Waals surface area contributed by atoms with Crippen molar-refractivity contribution in [2.24, 2.45) is 11.8 Å². The van der Waals surface area contributed by atoms with Crippen LogP contribution in [0.15, 0.2) is 0 Å². The SMILES string of the molecule is CCCNC1CCC(CC)CC1CN1CC2CCC(C1)O2. The zero-order valence-electron chi connectivity index (χ0n) is 14.0. The van der Waals surface area contributed by atoms with E-state index in [1.54, 1.807) is 0 Å². The fraction of sp³-hybridized carbons (Fsp3) is 1.00. The Bertz CT molecular complexity index is 310. The van der Waals surface area contributed by atoms with Gasteiger partial charge in [0.05, 0.1) is 12.2 Å². The maximum Gasteiger partial charge on any atom is 0.0707 e. The summed E-state index contributed by atoms with van der Waals surface area (Å²) in [5, 5.41) is 3.84. The highest BCUT2D eigenvalue weighted by Gasteiger charge is 2.36. The van der Waals surface area contributed by atoms with Crippen LogP contribution in [0.1, 0.15) is 58.8 Å². The molecule has 1 saturated carbocycles. The molecule has 3 rings (SSSR count). The zero-order chi connectivity index (χ0) is 14.7. The Morgan fingerprint density at radius 1 is 1.05 bits per heavy atom. The van der Waals surface area contributed by atoms with Crippen molar-refractivity contribution in [3.63, 3.8) is 0 Å². The molecule has 5 unspecified atom stereocenters. The lowest BCUT2D eigenvalue weighted by molar-refractivity contribution is -0.0466. The molecule has 1 aliphatic carbocycles. The average Bonchev–Trinajstić information content (AvgIpc) is 2.84. The first-order valence-electron chi connectivity index (χ1n) is 9.39. The average molecular weight is 294 g/mol. The van der Waals surface area contributed by atoms with Crippen LogP contribution in [0.25, 0.3) is 0 Å². The Morgan fingerprint density at radius 3 is 2.48 bits per heavy atom. The molecule has 0 aromatic rings. The Hall–Kier alpha value is -0.120. The largest absolute Gasteiger partial charge is 0.372 e. The first kappa shape index (κ1) is 15.8. The van der Waals surface area contributed by atoms with E-state index in [-0.39, 0.29) is 0 Å². The monoisotopic (exact) mass is 294 g/mol. The highest BCUT2D eigenvalue weighted by atomic mass is 16.5. The van der Waals surface area contributed by atoms with E-state index >= 15 is 0 Å². The van der Waals surface area contributed by atoms with Gasteiger partial charge in [-0.1, -0.05) is 20.3 Å². The molecule has 1 N–H and O–H groups in total. The number of rotatable bonds is 6. The molecule has 2 bridgehead atoms. The van der Waals surface area contributed by atoms with Gasteiger partial charge >= 0.3 is 0 Å². The van der Waals surface area contributed by atoms with E-state index in [0.717, 1.165) is 17.9 Å². The van der Waals surface area contributed by atoms with Gasteiger partial charge in [-0.05, 0) is 56.9 Å². The first-order valence-corrected chi connectivity index (χ1v) is 9.39. The van der Waals surface area contributed by atoms with E-state index in [1.807, 2.05) is 0 Å². The van der Waals surface area contributed by atoms with Crippen molar-refractivity contribution in [2.75, 3.05) is 26.2 Å².